The van der Waals surface area contributed by atoms with E-state index in [0.717, 1.165) is 19.3 Å². The number of rotatable bonds is 2. The fourth-order valence-corrected chi connectivity index (χ4v) is 5.58. The quantitative estimate of drug-likeness (QED) is 0.578. The van der Waals surface area contributed by atoms with Gasteiger partial charge < -0.3 is 9.47 Å². The molecule has 7 unspecified atom stereocenters. The van der Waals surface area contributed by atoms with Crippen LogP contribution < -0.4 is 0 Å². The second-order valence-electron chi connectivity index (χ2n) is 7.33. The molecule has 0 aromatic rings. The van der Waals surface area contributed by atoms with Gasteiger partial charge in [0.2, 0.25) is 0 Å². The van der Waals surface area contributed by atoms with Gasteiger partial charge in [-0.1, -0.05) is 6.58 Å². The largest absolute Gasteiger partial charge is 0.465 e. The second-order valence-corrected chi connectivity index (χ2v) is 7.33. The number of ether oxygens (including phenoxy) is 2. The van der Waals surface area contributed by atoms with Crippen molar-refractivity contribution >= 4 is 11.9 Å². The smallest absolute Gasteiger partial charge is 0.333 e. The van der Waals surface area contributed by atoms with Crippen molar-refractivity contribution in [1.29, 1.82) is 0 Å². The molecule has 0 N–H and O–H groups in total. The Kier molecular flexibility index (Phi) is 2.92. The standard InChI is InChI=1S/C17H22O4/c1-8(2)16(18)21-9-3-4-10-11(5-9)13-6-12(10)14-7-20-17(19)15(13)14/h9-15H,1,3-7H2,2H3. The predicted octanol–water partition coefficient (Wildman–Crippen LogP) is 2.33. The zero-order chi connectivity index (χ0) is 14.7. The van der Waals surface area contributed by atoms with Gasteiger partial charge in [-0.3, -0.25) is 4.79 Å². The van der Waals surface area contributed by atoms with E-state index in [9.17, 15) is 9.59 Å². The van der Waals surface area contributed by atoms with Crippen molar-refractivity contribution in [3.63, 3.8) is 0 Å². The van der Waals surface area contributed by atoms with Crippen LogP contribution in [0, 0.1) is 35.5 Å². The number of hydrogen-bond acceptors (Lipinski definition) is 4. The average molecular weight is 290 g/mol. The van der Waals surface area contributed by atoms with E-state index in [1.165, 1.54) is 6.42 Å². The summed E-state index contributed by atoms with van der Waals surface area (Å²) in [6, 6.07) is 0. The van der Waals surface area contributed by atoms with Gasteiger partial charge in [0, 0.05) is 11.5 Å². The van der Waals surface area contributed by atoms with Crippen molar-refractivity contribution in [3.05, 3.63) is 12.2 Å². The van der Waals surface area contributed by atoms with Crippen molar-refractivity contribution in [2.45, 2.75) is 38.7 Å². The Bertz CT molecular complexity index is 511. The van der Waals surface area contributed by atoms with Crippen LogP contribution in [0.2, 0.25) is 0 Å². The van der Waals surface area contributed by atoms with Crippen LogP contribution >= 0.6 is 0 Å². The first-order valence-corrected chi connectivity index (χ1v) is 8.09. The maximum Gasteiger partial charge on any atom is 0.333 e. The number of hydrogen-bond donors (Lipinski definition) is 0. The van der Waals surface area contributed by atoms with Crippen LogP contribution in [0.4, 0.5) is 0 Å². The molecule has 0 radical (unpaired) electrons. The van der Waals surface area contributed by atoms with Crippen molar-refractivity contribution in [1.82, 2.24) is 0 Å². The topological polar surface area (TPSA) is 52.6 Å². The van der Waals surface area contributed by atoms with Gasteiger partial charge in [0.15, 0.2) is 0 Å². The molecule has 1 aliphatic heterocycles. The van der Waals surface area contributed by atoms with E-state index >= 15 is 0 Å². The molecule has 7 atom stereocenters. The maximum atomic E-state index is 11.9. The third-order valence-corrected chi connectivity index (χ3v) is 6.34. The SMILES string of the molecule is C=C(C)C(=O)OC1CCC2C3CC(C2C1)C1C(=O)OCC31. The summed E-state index contributed by atoms with van der Waals surface area (Å²) >= 11 is 0. The minimum atomic E-state index is -0.278. The van der Waals surface area contributed by atoms with Gasteiger partial charge in [-0.25, -0.2) is 4.79 Å². The molecule has 0 aromatic carbocycles. The Labute approximate surface area is 124 Å². The molecular weight excluding hydrogens is 268 g/mol. The van der Waals surface area contributed by atoms with Crippen LogP contribution in [0.5, 0.6) is 0 Å². The third-order valence-electron chi connectivity index (χ3n) is 6.34. The molecule has 0 spiro atoms. The monoisotopic (exact) mass is 290 g/mol. The molecule has 4 aliphatic rings. The molecule has 4 rings (SSSR count). The molecule has 4 heteroatoms. The van der Waals surface area contributed by atoms with E-state index in [1.54, 1.807) is 6.92 Å². The van der Waals surface area contributed by atoms with Crippen LogP contribution in [0.1, 0.15) is 32.6 Å². The number of carbonyl (C=O) groups is 2. The highest BCUT2D eigenvalue weighted by molar-refractivity contribution is 5.87. The molecule has 4 fully saturated rings. The van der Waals surface area contributed by atoms with Gasteiger partial charge in [-0.15, -0.1) is 0 Å². The number of fused-ring (bicyclic) bond motifs is 8. The zero-order valence-corrected chi connectivity index (χ0v) is 12.4. The van der Waals surface area contributed by atoms with Gasteiger partial charge in [0.25, 0.3) is 0 Å². The summed E-state index contributed by atoms with van der Waals surface area (Å²) in [6.45, 7) is 5.97. The van der Waals surface area contributed by atoms with Crippen molar-refractivity contribution in [2.75, 3.05) is 6.61 Å². The molecule has 1 heterocycles. The first-order chi connectivity index (χ1) is 10.1. The fraction of sp³-hybridized carbons (Fsp3) is 0.765. The molecule has 4 nitrogen and oxygen atoms in total. The summed E-state index contributed by atoms with van der Waals surface area (Å²) in [4.78, 5) is 23.7. The molecule has 3 saturated carbocycles. The van der Waals surface area contributed by atoms with Crippen molar-refractivity contribution < 1.29 is 19.1 Å². The van der Waals surface area contributed by atoms with Gasteiger partial charge in [-0.2, -0.15) is 0 Å². The highest BCUT2D eigenvalue weighted by atomic mass is 16.5. The van der Waals surface area contributed by atoms with E-state index in [-0.39, 0.29) is 24.0 Å². The highest BCUT2D eigenvalue weighted by Crippen LogP contribution is 2.64. The molecule has 1 saturated heterocycles. The van der Waals surface area contributed by atoms with Gasteiger partial charge in [0.05, 0.1) is 12.5 Å². The van der Waals surface area contributed by atoms with Crippen LogP contribution in [-0.4, -0.2) is 24.6 Å². The van der Waals surface area contributed by atoms with E-state index < -0.39 is 0 Å². The number of esters is 2. The Balaban J connectivity index is 1.48. The zero-order valence-electron chi connectivity index (χ0n) is 12.4. The summed E-state index contributed by atoms with van der Waals surface area (Å²) in [5.41, 5.74) is 0.463. The molecule has 0 aromatic heterocycles. The lowest BCUT2D eigenvalue weighted by atomic mass is 9.63. The minimum Gasteiger partial charge on any atom is -0.465 e. The van der Waals surface area contributed by atoms with Crippen LogP contribution in [0.3, 0.4) is 0 Å². The van der Waals surface area contributed by atoms with Crippen LogP contribution in [0.15, 0.2) is 12.2 Å². The van der Waals surface area contributed by atoms with Gasteiger partial charge in [-0.05, 0) is 56.3 Å². The van der Waals surface area contributed by atoms with Gasteiger partial charge >= 0.3 is 11.9 Å². The van der Waals surface area contributed by atoms with E-state index in [1.807, 2.05) is 0 Å². The average Bonchev–Trinajstić information content (AvgIpc) is 3.10. The molecular formula is C17H22O4. The lowest BCUT2D eigenvalue weighted by molar-refractivity contribution is -0.150. The number of cyclic esters (lactones) is 1. The van der Waals surface area contributed by atoms with E-state index in [2.05, 4.69) is 6.58 Å². The Hall–Kier alpha value is -1.32. The van der Waals surface area contributed by atoms with Gasteiger partial charge in [0.1, 0.15) is 6.10 Å². The second kappa shape index (κ2) is 4.59. The molecule has 21 heavy (non-hydrogen) atoms. The minimum absolute atomic E-state index is 0.00525. The van der Waals surface area contributed by atoms with Crippen molar-refractivity contribution in [3.8, 4) is 0 Å². The first kappa shape index (κ1) is 13.4. The summed E-state index contributed by atoms with van der Waals surface area (Å²) < 4.78 is 10.8. The summed E-state index contributed by atoms with van der Waals surface area (Å²) in [7, 11) is 0. The van der Waals surface area contributed by atoms with Crippen molar-refractivity contribution in [2.24, 2.45) is 35.5 Å². The molecule has 3 aliphatic carbocycles. The lowest BCUT2D eigenvalue weighted by Gasteiger charge is -2.41. The van der Waals surface area contributed by atoms with Crippen LogP contribution in [-0.2, 0) is 19.1 Å². The third kappa shape index (κ3) is 1.87. The molecule has 114 valence electrons. The lowest BCUT2D eigenvalue weighted by Crippen LogP contribution is -2.41. The normalized spacial score (nSPS) is 46.7. The van der Waals surface area contributed by atoms with E-state index in [4.69, 9.17) is 9.47 Å². The Morgan fingerprint density at radius 3 is 2.67 bits per heavy atom. The van der Waals surface area contributed by atoms with E-state index in [0.29, 0.717) is 41.8 Å². The maximum absolute atomic E-state index is 11.9. The summed E-state index contributed by atoms with van der Waals surface area (Å²) in [5, 5.41) is 0. The van der Waals surface area contributed by atoms with Crippen LogP contribution in [0.25, 0.3) is 0 Å². The highest BCUT2D eigenvalue weighted by Gasteiger charge is 2.63. The Morgan fingerprint density at radius 2 is 1.90 bits per heavy atom. The summed E-state index contributed by atoms with van der Waals surface area (Å²) in [6.07, 6.45) is 4.18. The Morgan fingerprint density at radius 1 is 1.14 bits per heavy atom. The predicted molar refractivity (Wildman–Crippen MR) is 75.1 cm³/mol. The molecule has 2 bridgehead atoms. The first-order valence-electron chi connectivity index (χ1n) is 8.09. The number of carbonyl (C=O) groups excluding carboxylic acids is 2. The molecule has 0 amide bonds. The fourth-order valence-electron chi connectivity index (χ4n) is 5.58. The summed E-state index contributed by atoms with van der Waals surface area (Å²) in [5.74, 6) is 2.72.